The molecular weight excluding hydrogens is 242 g/mol. The molecule has 2 aromatic rings. The normalized spacial score (nSPS) is 11.2. The van der Waals surface area contributed by atoms with Gasteiger partial charge in [-0.25, -0.2) is 0 Å². The second-order valence-electron chi connectivity index (χ2n) is 2.90. The number of aromatic nitrogens is 1. The molecule has 0 atom stereocenters. The molecule has 0 fully saturated rings. The van der Waals surface area contributed by atoms with Gasteiger partial charge in [-0.3, -0.25) is 4.79 Å². The van der Waals surface area contributed by atoms with Crippen LogP contribution in [0.5, 0.6) is 0 Å². The second kappa shape index (κ2) is 3.80. The lowest BCUT2D eigenvalue weighted by Crippen LogP contribution is -1.70. The molecule has 1 heterocycles. The van der Waals surface area contributed by atoms with Crippen molar-refractivity contribution in [2.24, 2.45) is 0 Å². The molecule has 0 saturated heterocycles. The fourth-order valence-electron chi connectivity index (χ4n) is 1.42. The largest absolute Gasteiger partial charge is 0.360 e. The van der Waals surface area contributed by atoms with Gasteiger partial charge >= 0.3 is 0 Å². The number of H-pyrrole nitrogens is 1. The number of hydrogen-bond acceptors (Lipinski definition) is 1. The molecule has 0 aliphatic heterocycles. The Hall–Kier alpha value is -1.35. The number of aromatic amines is 1. The summed E-state index contributed by atoms with van der Waals surface area (Å²) in [5.41, 5.74) is 2.08. The van der Waals surface area contributed by atoms with Crippen LogP contribution in [0, 0.1) is 0 Å². The highest BCUT2D eigenvalue weighted by Crippen LogP contribution is 2.25. The van der Waals surface area contributed by atoms with E-state index in [1.54, 1.807) is 6.08 Å². The van der Waals surface area contributed by atoms with Crippen LogP contribution in [-0.4, -0.2) is 11.3 Å². The van der Waals surface area contributed by atoms with Gasteiger partial charge in [0.15, 0.2) is 0 Å². The third kappa shape index (κ3) is 1.51. The average molecular weight is 250 g/mol. The zero-order chi connectivity index (χ0) is 9.97. The molecule has 70 valence electrons. The first-order valence-electron chi connectivity index (χ1n) is 4.20. The number of rotatable bonds is 2. The van der Waals surface area contributed by atoms with Gasteiger partial charge in [-0.15, -0.1) is 0 Å². The molecule has 0 amide bonds. The van der Waals surface area contributed by atoms with Gasteiger partial charge in [-0.2, -0.15) is 0 Å². The molecule has 3 heteroatoms. The van der Waals surface area contributed by atoms with Gasteiger partial charge in [0.25, 0.3) is 0 Å². The van der Waals surface area contributed by atoms with Crippen LogP contribution >= 0.6 is 15.9 Å². The standard InChI is InChI=1S/C11H8BrNO/c12-10-5-1-4-9-8(3-2-6-14)7-13-11(9)10/h1-7,13H/b3-2+. The van der Waals surface area contributed by atoms with Gasteiger partial charge in [0.05, 0.1) is 5.52 Å². The maximum absolute atomic E-state index is 10.2. The third-order valence-corrected chi connectivity index (χ3v) is 2.71. The van der Waals surface area contributed by atoms with Crippen LogP contribution in [-0.2, 0) is 4.79 Å². The van der Waals surface area contributed by atoms with Crippen LogP contribution in [0.3, 0.4) is 0 Å². The Labute approximate surface area is 89.8 Å². The first kappa shape index (κ1) is 9.21. The van der Waals surface area contributed by atoms with E-state index >= 15 is 0 Å². The first-order chi connectivity index (χ1) is 6.83. The van der Waals surface area contributed by atoms with E-state index < -0.39 is 0 Å². The van der Waals surface area contributed by atoms with E-state index in [1.165, 1.54) is 6.08 Å². The Morgan fingerprint density at radius 2 is 2.21 bits per heavy atom. The van der Waals surface area contributed by atoms with Crippen molar-refractivity contribution in [1.29, 1.82) is 0 Å². The highest BCUT2D eigenvalue weighted by molar-refractivity contribution is 9.10. The number of para-hydroxylation sites is 1. The topological polar surface area (TPSA) is 32.9 Å². The number of carbonyl (C=O) groups is 1. The van der Waals surface area contributed by atoms with Gasteiger partial charge in [-0.05, 0) is 39.7 Å². The van der Waals surface area contributed by atoms with Crippen molar-refractivity contribution >= 4 is 39.2 Å². The van der Waals surface area contributed by atoms with Crippen molar-refractivity contribution in [3.05, 3.63) is 40.5 Å². The molecule has 0 aliphatic rings. The Kier molecular flexibility index (Phi) is 2.50. The van der Waals surface area contributed by atoms with Gasteiger partial charge in [-0.1, -0.05) is 12.1 Å². The van der Waals surface area contributed by atoms with Gasteiger partial charge in [0, 0.05) is 16.1 Å². The Morgan fingerprint density at radius 1 is 1.36 bits per heavy atom. The Bertz CT molecular complexity index is 499. The predicted molar refractivity (Wildman–Crippen MR) is 61.1 cm³/mol. The summed E-state index contributed by atoms with van der Waals surface area (Å²) in [5, 5.41) is 1.11. The van der Waals surface area contributed by atoms with E-state index in [-0.39, 0.29) is 0 Å². The SMILES string of the molecule is O=C/C=C/c1c[nH]c2c(Br)cccc12. The third-order valence-electron chi connectivity index (χ3n) is 2.05. The quantitative estimate of drug-likeness (QED) is 0.644. The molecule has 2 nitrogen and oxygen atoms in total. The minimum absolute atomic E-state index is 0.775. The van der Waals surface area contributed by atoms with E-state index in [9.17, 15) is 4.79 Å². The van der Waals surface area contributed by atoms with Crippen molar-refractivity contribution in [3.63, 3.8) is 0 Å². The Balaban J connectivity index is 2.63. The van der Waals surface area contributed by atoms with E-state index in [1.807, 2.05) is 24.4 Å². The summed E-state index contributed by atoms with van der Waals surface area (Å²) in [6.07, 6.45) is 5.94. The maximum atomic E-state index is 10.2. The van der Waals surface area contributed by atoms with Gasteiger partial charge in [0.2, 0.25) is 0 Å². The Morgan fingerprint density at radius 3 is 3.00 bits per heavy atom. The minimum atomic E-state index is 0.775. The lowest BCUT2D eigenvalue weighted by Gasteiger charge is -1.93. The van der Waals surface area contributed by atoms with Gasteiger partial charge < -0.3 is 4.98 Å². The number of hydrogen-bond donors (Lipinski definition) is 1. The van der Waals surface area contributed by atoms with E-state index in [2.05, 4.69) is 20.9 Å². The van der Waals surface area contributed by atoms with Crippen molar-refractivity contribution in [2.45, 2.75) is 0 Å². The molecule has 14 heavy (non-hydrogen) atoms. The predicted octanol–water partition coefficient (Wildman–Crippen LogP) is 3.14. The molecular formula is C11H8BrNO. The smallest absolute Gasteiger partial charge is 0.142 e. The maximum Gasteiger partial charge on any atom is 0.142 e. The summed E-state index contributed by atoms with van der Waals surface area (Å²) < 4.78 is 1.03. The van der Waals surface area contributed by atoms with Crippen LogP contribution in [0.25, 0.3) is 17.0 Å². The summed E-state index contributed by atoms with van der Waals surface area (Å²) >= 11 is 3.45. The van der Waals surface area contributed by atoms with E-state index in [0.29, 0.717) is 0 Å². The summed E-state index contributed by atoms with van der Waals surface area (Å²) in [6.45, 7) is 0. The summed E-state index contributed by atoms with van der Waals surface area (Å²) in [6, 6.07) is 5.96. The number of allylic oxidation sites excluding steroid dienone is 1. The molecule has 0 radical (unpaired) electrons. The van der Waals surface area contributed by atoms with Crippen LogP contribution < -0.4 is 0 Å². The van der Waals surface area contributed by atoms with Gasteiger partial charge in [0.1, 0.15) is 6.29 Å². The molecule has 0 saturated carbocycles. The molecule has 0 bridgehead atoms. The molecule has 0 spiro atoms. The fraction of sp³-hybridized carbons (Fsp3) is 0. The fourth-order valence-corrected chi connectivity index (χ4v) is 1.90. The summed E-state index contributed by atoms with van der Waals surface area (Å²) in [4.78, 5) is 13.3. The van der Waals surface area contributed by atoms with E-state index in [0.717, 1.165) is 27.2 Å². The summed E-state index contributed by atoms with van der Waals surface area (Å²) in [5.74, 6) is 0. The minimum Gasteiger partial charge on any atom is -0.360 e. The zero-order valence-corrected chi connectivity index (χ0v) is 8.91. The second-order valence-corrected chi connectivity index (χ2v) is 3.76. The molecule has 1 aromatic carbocycles. The van der Waals surface area contributed by atoms with E-state index in [4.69, 9.17) is 0 Å². The molecule has 1 N–H and O–H groups in total. The number of carbonyl (C=O) groups excluding carboxylic acids is 1. The molecule has 2 rings (SSSR count). The number of fused-ring (bicyclic) bond motifs is 1. The molecule has 0 aliphatic carbocycles. The molecule has 0 unspecified atom stereocenters. The lowest BCUT2D eigenvalue weighted by atomic mass is 10.2. The highest BCUT2D eigenvalue weighted by atomic mass is 79.9. The van der Waals surface area contributed by atoms with Crippen molar-refractivity contribution in [3.8, 4) is 0 Å². The molecule has 1 aromatic heterocycles. The highest BCUT2D eigenvalue weighted by Gasteiger charge is 2.02. The zero-order valence-electron chi connectivity index (χ0n) is 7.33. The summed E-state index contributed by atoms with van der Waals surface area (Å²) in [7, 11) is 0. The monoisotopic (exact) mass is 249 g/mol. The van der Waals surface area contributed by atoms with Crippen LogP contribution in [0.15, 0.2) is 34.9 Å². The number of halogens is 1. The van der Waals surface area contributed by atoms with Crippen molar-refractivity contribution in [2.75, 3.05) is 0 Å². The van der Waals surface area contributed by atoms with Crippen LogP contribution in [0.2, 0.25) is 0 Å². The van der Waals surface area contributed by atoms with Crippen LogP contribution in [0.1, 0.15) is 5.56 Å². The number of benzene rings is 1. The van der Waals surface area contributed by atoms with Crippen molar-refractivity contribution in [1.82, 2.24) is 4.98 Å². The number of nitrogens with one attached hydrogen (secondary N) is 1. The lowest BCUT2D eigenvalue weighted by molar-refractivity contribution is -0.104. The van der Waals surface area contributed by atoms with Crippen molar-refractivity contribution < 1.29 is 4.79 Å². The number of aldehydes is 1. The van der Waals surface area contributed by atoms with Crippen LogP contribution in [0.4, 0.5) is 0 Å². The first-order valence-corrected chi connectivity index (χ1v) is 4.99. The average Bonchev–Trinajstić information content (AvgIpc) is 2.60.